The van der Waals surface area contributed by atoms with Crippen LogP contribution in [0.15, 0.2) is 42.7 Å². The van der Waals surface area contributed by atoms with E-state index < -0.39 is 0 Å². The number of rotatable bonds is 5. The predicted molar refractivity (Wildman–Crippen MR) is 111 cm³/mol. The molecule has 0 amide bonds. The molecule has 1 fully saturated rings. The SMILES string of the molecule is S=C(NNCc1ncnc2cc(-c3ccccc3)sc12)NC1CCCC1. The number of benzene rings is 1. The molecule has 134 valence electrons. The van der Waals surface area contributed by atoms with Crippen LogP contribution in [0.5, 0.6) is 0 Å². The molecule has 1 saturated carbocycles. The molecule has 2 aromatic heterocycles. The lowest BCUT2D eigenvalue weighted by Gasteiger charge is -2.16. The zero-order chi connectivity index (χ0) is 17.8. The summed E-state index contributed by atoms with van der Waals surface area (Å²) in [7, 11) is 0. The largest absolute Gasteiger partial charge is 0.359 e. The molecule has 0 unspecified atom stereocenters. The number of thiocarbonyl (C=S) groups is 1. The minimum Gasteiger partial charge on any atom is -0.359 e. The normalized spacial score (nSPS) is 14.6. The quantitative estimate of drug-likeness (QED) is 0.461. The van der Waals surface area contributed by atoms with Crippen molar-refractivity contribution in [2.75, 3.05) is 0 Å². The number of aromatic nitrogens is 2. The number of hydrazine groups is 1. The van der Waals surface area contributed by atoms with E-state index in [1.54, 1.807) is 17.7 Å². The molecule has 0 bridgehead atoms. The van der Waals surface area contributed by atoms with Crippen molar-refractivity contribution in [2.24, 2.45) is 0 Å². The van der Waals surface area contributed by atoms with Gasteiger partial charge in [0.1, 0.15) is 6.33 Å². The molecule has 0 saturated heterocycles. The summed E-state index contributed by atoms with van der Waals surface area (Å²) in [6.45, 7) is 0.584. The lowest BCUT2D eigenvalue weighted by Crippen LogP contribution is -2.46. The highest BCUT2D eigenvalue weighted by molar-refractivity contribution is 7.80. The molecule has 3 aromatic rings. The number of nitrogens with zero attached hydrogens (tertiary/aromatic N) is 2. The summed E-state index contributed by atoms with van der Waals surface area (Å²) in [6.07, 6.45) is 6.59. The first-order valence-corrected chi connectivity index (χ1v) is 10.1. The molecule has 3 N–H and O–H groups in total. The molecule has 5 nitrogen and oxygen atoms in total. The summed E-state index contributed by atoms with van der Waals surface area (Å²) in [5, 5.41) is 4.01. The molecule has 0 aliphatic heterocycles. The van der Waals surface area contributed by atoms with Crippen LogP contribution in [-0.4, -0.2) is 21.1 Å². The first-order valence-electron chi connectivity index (χ1n) is 8.88. The number of hydrogen-bond donors (Lipinski definition) is 3. The van der Waals surface area contributed by atoms with Crippen LogP contribution in [0.1, 0.15) is 31.4 Å². The fourth-order valence-corrected chi connectivity index (χ4v) is 4.62. The van der Waals surface area contributed by atoms with Gasteiger partial charge in [-0.15, -0.1) is 11.3 Å². The molecule has 1 aromatic carbocycles. The van der Waals surface area contributed by atoms with Gasteiger partial charge >= 0.3 is 0 Å². The summed E-state index contributed by atoms with van der Waals surface area (Å²) >= 11 is 7.08. The Morgan fingerprint density at radius 2 is 1.96 bits per heavy atom. The van der Waals surface area contributed by atoms with Crippen molar-refractivity contribution < 1.29 is 0 Å². The monoisotopic (exact) mass is 383 g/mol. The van der Waals surface area contributed by atoms with Gasteiger partial charge in [-0.05, 0) is 36.7 Å². The molecule has 4 rings (SSSR count). The second-order valence-corrected chi connectivity index (χ2v) is 7.91. The van der Waals surface area contributed by atoms with Crippen molar-refractivity contribution in [3.63, 3.8) is 0 Å². The smallest absolute Gasteiger partial charge is 0.181 e. The third kappa shape index (κ3) is 4.00. The van der Waals surface area contributed by atoms with Crippen molar-refractivity contribution in [3.8, 4) is 10.4 Å². The first-order chi connectivity index (χ1) is 12.8. The Morgan fingerprint density at radius 3 is 2.77 bits per heavy atom. The molecular formula is C19H21N5S2. The van der Waals surface area contributed by atoms with E-state index in [0.717, 1.165) is 15.9 Å². The Balaban J connectivity index is 1.41. The average Bonchev–Trinajstić information content (AvgIpc) is 3.32. The van der Waals surface area contributed by atoms with Gasteiger partial charge in [-0.1, -0.05) is 43.2 Å². The Labute approximate surface area is 162 Å². The van der Waals surface area contributed by atoms with Crippen LogP contribution in [0.4, 0.5) is 0 Å². The van der Waals surface area contributed by atoms with Crippen LogP contribution in [0.25, 0.3) is 20.7 Å². The van der Waals surface area contributed by atoms with Crippen molar-refractivity contribution in [2.45, 2.75) is 38.3 Å². The zero-order valence-electron chi connectivity index (χ0n) is 14.4. The molecular weight excluding hydrogens is 362 g/mol. The van der Waals surface area contributed by atoms with E-state index in [1.807, 2.05) is 6.07 Å². The average molecular weight is 384 g/mol. The lowest BCUT2D eigenvalue weighted by molar-refractivity contribution is 0.586. The fraction of sp³-hybridized carbons (Fsp3) is 0.316. The van der Waals surface area contributed by atoms with E-state index in [4.69, 9.17) is 12.2 Å². The summed E-state index contributed by atoms with van der Waals surface area (Å²) in [5.74, 6) is 0. The summed E-state index contributed by atoms with van der Waals surface area (Å²) in [4.78, 5) is 10.1. The highest BCUT2D eigenvalue weighted by atomic mass is 32.1. The van der Waals surface area contributed by atoms with Gasteiger partial charge in [-0.3, -0.25) is 5.43 Å². The fourth-order valence-electron chi connectivity index (χ4n) is 3.27. The van der Waals surface area contributed by atoms with Crippen LogP contribution >= 0.6 is 23.6 Å². The number of hydrogen-bond acceptors (Lipinski definition) is 5. The number of fused-ring (bicyclic) bond motifs is 1. The minimum absolute atomic E-state index is 0.508. The second-order valence-electron chi connectivity index (χ2n) is 6.44. The molecule has 7 heteroatoms. The van der Waals surface area contributed by atoms with Crippen LogP contribution in [0.2, 0.25) is 0 Å². The number of nitrogens with one attached hydrogen (secondary N) is 3. The van der Waals surface area contributed by atoms with Gasteiger partial charge in [0.15, 0.2) is 5.11 Å². The third-order valence-electron chi connectivity index (χ3n) is 4.59. The maximum absolute atomic E-state index is 5.36. The molecule has 0 atom stereocenters. The van der Waals surface area contributed by atoms with Crippen molar-refractivity contribution >= 4 is 38.9 Å². The molecule has 2 heterocycles. The van der Waals surface area contributed by atoms with Gasteiger partial charge in [-0.2, -0.15) is 0 Å². The summed E-state index contributed by atoms with van der Waals surface area (Å²) < 4.78 is 1.11. The Morgan fingerprint density at radius 1 is 1.15 bits per heavy atom. The molecule has 1 aliphatic rings. The van der Waals surface area contributed by atoms with Crippen molar-refractivity contribution in [1.29, 1.82) is 0 Å². The minimum atomic E-state index is 0.508. The first kappa shape index (κ1) is 17.3. The zero-order valence-corrected chi connectivity index (χ0v) is 16.0. The van der Waals surface area contributed by atoms with Crippen LogP contribution in [0, 0.1) is 0 Å². The van der Waals surface area contributed by atoms with Crippen LogP contribution < -0.4 is 16.2 Å². The molecule has 26 heavy (non-hydrogen) atoms. The number of thiophene rings is 1. The van der Waals surface area contributed by atoms with Crippen LogP contribution in [0.3, 0.4) is 0 Å². The standard InChI is InChI=1S/C19H21N5S2/c25-19(23-14-8-4-5-9-14)24-22-11-16-18-15(20-12-21-16)10-17(26-18)13-6-2-1-3-7-13/h1-3,6-7,10,12,14,22H,4-5,8-9,11H2,(H2,23,24,25). The predicted octanol–water partition coefficient (Wildman–Crippen LogP) is 3.77. The molecule has 0 spiro atoms. The Kier molecular flexibility index (Phi) is 5.38. The van der Waals surface area contributed by atoms with E-state index in [1.165, 1.54) is 36.1 Å². The van der Waals surface area contributed by atoms with Gasteiger partial charge in [0.25, 0.3) is 0 Å². The van der Waals surface area contributed by atoms with E-state index in [0.29, 0.717) is 17.7 Å². The Bertz CT molecular complexity index is 887. The summed E-state index contributed by atoms with van der Waals surface area (Å²) in [6, 6.07) is 13.0. The van der Waals surface area contributed by atoms with Gasteiger partial charge in [0.2, 0.25) is 0 Å². The van der Waals surface area contributed by atoms with E-state index >= 15 is 0 Å². The van der Waals surface area contributed by atoms with Gasteiger partial charge in [0, 0.05) is 10.9 Å². The van der Waals surface area contributed by atoms with E-state index in [-0.39, 0.29) is 0 Å². The maximum Gasteiger partial charge on any atom is 0.181 e. The molecule has 1 aliphatic carbocycles. The highest BCUT2D eigenvalue weighted by Crippen LogP contribution is 2.33. The van der Waals surface area contributed by atoms with Gasteiger partial charge in [-0.25, -0.2) is 15.4 Å². The van der Waals surface area contributed by atoms with Crippen molar-refractivity contribution in [3.05, 3.63) is 48.4 Å². The van der Waals surface area contributed by atoms with Gasteiger partial charge in [0.05, 0.1) is 22.5 Å². The van der Waals surface area contributed by atoms with Crippen molar-refractivity contribution in [1.82, 2.24) is 26.1 Å². The summed E-state index contributed by atoms with van der Waals surface area (Å²) in [5.41, 5.74) is 9.41. The Hall–Kier alpha value is -2.09. The third-order valence-corrected chi connectivity index (χ3v) is 6.03. The highest BCUT2D eigenvalue weighted by Gasteiger charge is 2.15. The molecule has 0 radical (unpaired) electrons. The topological polar surface area (TPSA) is 61.9 Å². The van der Waals surface area contributed by atoms with E-state index in [2.05, 4.69) is 56.5 Å². The van der Waals surface area contributed by atoms with Gasteiger partial charge < -0.3 is 5.32 Å². The van der Waals surface area contributed by atoms with Crippen LogP contribution in [-0.2, 0) is 6.54 Å². The maximum atomic E-state index is 5.36. The lowest BCUT2D eigenvalue weighted by atomic mass is 10.2. The van der Waals surface area contributed by atoms with E-state index in [9.17, 15) is 0 Å². The second kappa shape index (κ2) is 8.07.